The Morgan fingerprint density at radius 1 is 1.30 bits per heavy atom. The van der Waals surface area contributed by atoms with Crippen molar-refractivity contribution in [2.24, 2.45) is 0 Å². The van der Waals surface area contributed by atoms with Crippen molar-refractivity contribution in [1.29, 1.82) is 0 Å². The maximum atomic E-state index is 11.6. The van der Waals surface area contributed by atoms with Crippen LogP contribution in [0, 0.1) is 6.92 Å². The first kappa shape index (κ1) is 16.7. The van der Waals surface area contributed by atoms with E-state index in [4.69, 9.17) is 4.42 Å². The monoisotopic (exact) mass is 320 g/mol. The molecule has 2 amide bonds. The van der Waals surface area contributed by atoms with Gasteiger partial charge in [0.15, 0.2) is 0 Å². The average molecular weight is 320 g/mol. The van der Waals surface area contributed by atoms with Crippen LogP contribution in [0.1, 0.15) is 24.9 Å². The molecule has 0 aromatic carbocycles. The number of nitrogens with one attached hydrogen (secondary N) is 2. The molecule has 0 saturated heterocycles. The largest absolute Gasteiger partial charge is 0.419 e. The highest BCUT2D eigenvalue weighted by molar-refractivity contribution is 5.84. The number of carbonyl (C=O) groups is 2. The molecule has 9 heteroatoms. The summed E-state index contributed by atoms with van der Waals surface area (Å²) in [4.78, 5) is 22.7. The second kappa shape index (κ2) is 7.52. The Bertz CT molecular complexity index is 690. The van der Waals surface area contributed by atoms with Gasteiger partial charge < -0.3 is 15.1 Å². The third-order valence-electron chi connectivity index (χ3n) is 3.18. The van der Waals surface area contributed by atoms with Gasteiger partial charge in [0.2, 0.25) is 17.7 Å². The highest BCUT2D eigenvalue weighted by atomic mass is 16.4. The second-order valence-electron chi connectivity index (χ2n) is 4.94. The summed E-state index contributed by atoms with van der Waals surface area (Å²) < 4.78 is 7.36. The zero-order valence-electron chi connectivity index (χ0n) is 13.4. The number of carbonyl (C=O) groups excluding carboxylic acids is 2. The molecular weight excluding hydrogens is 300 g/mol. The van der Waals surface area contributed by atoms with Crippen molar-refractivity contribution in [2.45, 2.75) is 33.2 Å². The molecular formula is C14H20N6O3. The molecule has 0 saturated carbocycles. The number of hydrogen-bond acceptors (Lipinski definition) is 6. The van der Waals surface area contributed by atoms with E-state index in [1.807, 2.05) is 19.9 Å². The molecule has 0 radical (unpaired) electrons. The summed E-state index contributed by atoms with van der Waals surface area (Å²) in [5, 5.41) is 17.2. The Hall–Kier alpha value is -2.71. The minimum Gasteiger partial charge on any atom is -0.419 e. The third kappa shape index (κ3) is 4.38. The number of aryl methyl sites for hydroxylation is 3. The molecule has 0 aliphatic carbocycles. The van der Waals surface area contributed by atoms with E-state index in [-0.39, 0.29) is 24.8 Å². The van der Waals surface area contributed by atoms with Gasteiger partial charge in [-0.15, -0.1) is 10.2 Å². The summed E-state index contributed by atoms with van der Waals surface area (Å²) in [7, 11) is 1.51. The summed E-state index contributed by atoms with van der Waals surface area (Å²) >= 11 is 0. The molecule has 2 rings (SSSR count). The lowest BCUT2D eigenvalue weighted by atomic mass is 10.3. The maximum absolute atomic E-state index is 11.6. The minimum absolute atomic E-state index is 0.0423. The predicted molar refractivity (Wildman–Crippen MR) is 81.3 cm³/mol. The summed E-state index contributed by atoms with van der Waals surface area (Å²) in [6.45, 7) is 4.52. The van der Waals surface area contributed by atoms with Gasteiger partial charge in [0.25, 0.3) is 5.89 Å². The van der Waals surface area contributed by atoms with Crippen LogP contribution in [0.4, 0.5) is 0 Å². The van der Waals surface area contributed by atoms with Gasteiger partial charge in [-0.2, -0.15) is 5.10 Å². The average Bonchev–Trinajstić information content (AvgIpc) is 3.16. The molecule has 0 aliphatic rings. The molecule has 9 nitrogen and oxygen atoms in total. The first-order valence-corrected chi connectivity index (χ1v) is 7.38. The summed E-state index contributed by atoms with van der Waals surface area (Å²) in [6, 6.07) is 1.87. The Labute approximate surface area is 133 Å². The first-order chi connectivity index (χ1) is 11.0. The van der Waals surface area contributed by atoms with E-state index in [1.54, 1.807) is 4.68 Å². The molecule has 0 bridgehead atoms. The SMILES string of the molecule is CCn1nc(C)cc1-c1nnc(CCC(=O)NCC(=O)NC)o1. The first-order valence-electron chi connectivity index (χ1n) is 7.38. The molecule has 0 atom stereocenters. The fourth-order valence-corrected chi connectivity index (χ4v) is 1.99. The van der Waals surface area contributed by atoms with Crippen molar-refractivity contribution in [3.63, 3.8) is 0 Å². The lowest BCUT2D eigenvalue weighted by molar-refractivity contribution is -0.125. The van der Waals surface area contributed by atoms with Crippen molar-refractivity contribution in [3.05, 3.63) is 17.7 Å². The number of rotatable bonds is 7. The smallest absolute Gasteiger partial charge is 0.265 e. The standard InChI is InChI=1S/C14H20N6O3/c1-4-20-10(7-9(2)19-20)14-18-17-13(23-14)6-5-11(21)16-8-12(22)15-3/h7H,4-6,8H2,1-3H3,(H,15,22)(H,16,21). The number of likely N-dealkylation sites (N-methyl/N-ethyl adjacent to an activating group) is 1. The Balaban J connectivity index is 1.92. The van der Waals surface area contributed by atoms with Gasteiger partial charge in [-0.05, 0) is 19.9 Å². The van der Waals surface area contributed by atoms with Crippen molar-refractivity contribution >= 4 is 11.8 Å². The van der Waals surface area contributed by atoms with E-state index in [0.717, 1.165) is 11.4 Å². The molecule has 0 unspecified atom stereocenters. The molecule has 124 valence electrons. The third-order valence-corrected chi connectivity index (χ3v) is 3.18. The molecule has 23 heavy (non-hydrogen) atoms. The van der Waals surface area contributed by atoms with Crippen molar-refractivity contribution in [3.8, 4) is 11.6 Å². The molecule has 2 N–H and O–H groups in total. The molecule has 0 spiro atoms. The highest BCUT2D eigenvalue weighted by Crippen LogP contribution is 2.19. The Morgan fingerprint density at radius 2 is 2.09 bits per heavy atom. The summed E-state index contributed by atoms with van der Waals surface area (Å²) in [6.07, 6.45) is 0.483. The zero-order valence-corrected chi connectivity index (χ0v) is 13.4. The van der Waals surface area contributed by atoms with E-state index in [9.17, 15) is 9.59 Å². The quantitative estimate of drug-likeness (QED) is 0.745. The van der Waals surface area contributed by atoms with Crippen LogP contribution in [0.15, 0.2) is 10.5 Å². The topological polar surface area (TPSA) is 115 Å². The van der Waals surface area contributed by atoms with Crippen LogP contribution in [0.5, 0.6) is 0 Å². The van der Waals surface area contributed by atoms with E-state index >= 15 is 0 Å². The van der Waals surface area contributed by atoms with E-state index in [2.05, 4.69) is 25.9 Å². The number of aromatic nitrogens is 4. The van der Waals surface area contributed by atoms with Gasteiger partial charge in [-0.3, -0.25) is 14.3 Å². The fourth-order valence-electron chi connectivity index (χ4n) is 1.99. The lowest BCUT2D eigenvalue weighted by Crippen LogP contribution is -2.35. The summed E-state index contributed by atoms with van der Waals surface area (Å²) in [5.41, 5.74) is 1.63. The Morgan fingerprint density at radius 3 is 2.78 bits per heavy atom. The molecule has 2 aromatic rings. The van der Waals surface area contributed by atoms with Gasteiger partial charge >= 0.3 is 0 Å². The Kier molecular flexibility index (Phi) is 5.45. The van der Waals surface area contributed by atoms with Gasteiger partial charge in [0, 0.05) is 26.4 Å². The van der Waals surface area contributed by atoms with Crippen LogP contribution < -0.4 is 10.6 Å². The van der Waals surface area contributed by atoms with E-state index in [1.165, 1.54) is 7.05 Å². The lowest BCUT2D eigenvalue weighted by Gasteiger charge is -2.02. The normalized spacial score (nSPS) is 10.6. The van der Waals surface area contributed by atoms with Crippen molar-refractivity contribution < 1.29 is 14.0 Å². The van der Waals surface area contributed by atoms with Crippen LogP contribution in [0.2, 0.25) is 0 Å². The molecule has 0 fully saturated rings. The van der Waals surface area contributed by atoms with Gasteiger partial charge in [0.1, 0.15) is 5.69 Å². The number of amides is 2. The van der Waals surface area contributed by atoms with Crippen molar-refractivity contribution in [1.82, 2.24) is 30.6 Å². The zero-order chi connectivity index (χ0) is 16.8. The predicted octanol–water partition coefficient (Wildman–Crippen LogP) is 0.0562. The molecule has 2 heterocycles. The van der Waals surface area contributed by atoms with Crippen LogP contribution in [0.25, 0.3) is 11.6 Å². The number of nitrogens with zero attached hydrogens (tertiary/aromatic N) is 4. The molecule has 0 aliphatic heterocycles. The fraction of sp³-hybridized carbons (Fsp3) is 0.500. The van der Waals surface area contributed by atoms with E-state index < -0.39 is 0 Å². The van der Waals surface area contributed by atoms with Gasteiger partial charge in [0.05, 0.1) is 12.2 Å². The minimum atomic E-state index is -0.248. The van der Waals surface area contributed by atoms with Gasteiger partial charge in [-0.25, -0.2) is 0 Å². The second-order valence-corrected chi connectivity index (χ2v) is 4.94. The van der Waals surface area contributed by atoms with E-state index in [0.29, 0.717) is 24.7 Å². The van der Waals surface area contributed by atoms with Crippen LogP contribution >= 0.6 is 0 Å². The van der Waals surface area contributed by atoms with Crippen LogP contribution in [-0.4, -0.2) is 45.4 Å². The highest BCUT2D eigenvalue weighted by Gasteiger charge is 2.15. The van der Waals surface area contributed by atoms with Crippen molar-refractivity contribution in [2.75, 3.05) is 13.6 Å². The van der Waals surface area contributed by atoms with Crippen LogP contribution in [0.3, 0.4) is 0 Å². The summed E-state index contributed by atoms with van der Waals surface area (Å²) in [5.74, 6) is 0.259. The van der Waals surface area contributed by atoms with Crippen LogP contribution in [-0.2, 0) is 22.6 Å². The maximum Gasteiger partial charge on any atom is 0.265 e. The van der Waals surface area contributed by atoms with Gasteiger partial charge in [-0.1, -0.05) is 0 Å². The number of hydrogen-bond donors (Lipinski definition) is 2. The molecule has 2 aromatic heterocycles.